The van der Waals surface area contributed by atoms with Crippen LogP contribution in [0.15, 0.2) is 4.52 Å². The molecule has 0 aliphatic heterocycles. The second-order valence-electron chi connectivity index (χ2n) is 3.47. The molecule has 1 aromatic heterocycles. The van der Waals surface area contributed by atoms with Gasteiger partial charge in [0.25, 0.3) is 5.91 Å². The summed E-state index contributed by atoms with van der Waals surface area (Å²) in [5.74, 6) is -1.14. The van der Waals surface area contributed by atoms with E-state index in [1.54, 1.807) is 20.8 Å². The number of hydrogen-bond donors (Lipinski definition) is 2. The largest absolute Gasteiger partial charge is 0.480 e. The average molecular weight is 226 g/mol. The zero-order chi connectivity index (χ0) is 12.3. The highest BCUT2D eigenvalue weighted by atomic mass is 16.5. The van der Waals surface area contributed by atoms with Crippen LogP contribution < -0.4 is 5.32 Å². The molecule has 6 heteroatoms. The van der Waals surface area contributed by atoms with Crippen LogP contribution in [0.5, 0.6) is 0 Å². The Kier molecular flexibility index (Phi) is 3.65. The first kappa shape index (κ1) is 12.2. The smallest absolute Gasteiger partial charge is 0.326 e. The standard InChI is InChI=1S/C10H14N2O4/c1-4-7(10(14)15)11-9(13)8-5(2)12-16-6(8)3/h7H,4H2,1-3H3,(H,11,13)(H,14,15)/t7-/m0/s1. The van der Waals surface area contributed by atoms with E-state index in [2.05, 4.69) is 10.5 Å². The van der Waals surface area contributed by atoms with Crippen LogP contribution in [-0.4, -0.2) is 28.2 Å². The molecule has 0 aliphatic carbocycles. The van der Waals surface area contributed by atoms with E-state index >= 15 is 0 Å². The Morgan fingerprint density at radius 3 is 2.50 bits per heavy atom. The van der Waals surface area contributed by atoms with Crippen molar-refractivity contribution in [2.75, 3.05) is 0 Å². The van der Waals surface area contributed by atoms with Crippen LogP contribution in [0.25, 0.3) is 0 Å². The molecule has 6 nitrogen and oxygen atoms in total. The molecular weight excluding hydrogens is 212 g/mol. The summed E-state index contributed by atoms with van der Waals surface area (Å²) in [4.78, 5) is 22.5. The fourth-order valence-electron chi connectivity index (χ4n) is 1.38. The van der Waals surface area contributed by atoms with Gasteiger partial charge in [0.2, 0.25) is 0 Å². The Hall–Kier alpha value is -1.85. The number of carboxylic acid groups (broad SMARTS) is 1. The number of hydrogen-bond acceptors (Lipinski definition) is 4. The predicted octanol–water partition coefficient (Wildman–Crippen LogP) is 0.884. The van der Waals surface area contributed by atoms with Gasteiger partial charge in [0.15, 0.2) is 0 Å². The molecule has 16 heavy (non-hydrogen) atoms. The predicted molar refractivity (Wildman–Crippen MR) is 55.2 cm³/mol. The summed E-state index contributed by atoms with van der Waals surface area (Å²) < 4.78 is 4.83. The van der Waals surface area contributed by atoms with E-state index < -0.39 is 17.9 Å². The topological polar surface area (TPSA) is 92.4 Å². The van der Waals surface area contributed by atoms with Crippen molar-refractivity contribution in [3.05, 3.63) is 17.0 Å². The molecule has 1 heterocycles. The van der Waals surface area contributed by atoms with Crippen molar-refractivity contribution in [3.63, 3.8) is 0 Å². The molecule has 1 aromatic rings. The van der Waals surface area contributed by atoms with Gasteiger partial charge in [0.1, 0.15) is 17.4 Å². The molecule has 1 atom stereocenters. The van der Waals surface area contributed by atoms with Crippen molar-refractivity contribution in [2.24, 2.45) is 0 Å². The number of carbonyl (C=O) groups excluding carboxylic acids is 1. The Morgan fingerprint density at radius 1 is 1.50 bits per heavy atom. The van der Waals surface area contributed by atoms with Crippen molar-refractivity contribution in [3.8, 4) is 0 Å². The number of aryl methyl sites for hydroxylation is 2. The normalized spacial score (nSPS) is 12.2. The van der Waals surface area contributed by atoms with Gasteiger partial charge in [-0.2, -0.15) is 0 Å². The van der Waals surface area contributed by atoms with E-state index in [4.69, 9.17) is 9.63 Å². The molecule has 0 radical (unpaired) electrons. The first-order valence-electron chi connectivity index (χ1n) is 4.93. The lowest BCUT2D eigenvalue weighted by Gasteiger charge is -2.11. The van der Waals surface area contributed by atoms with Crippen molar-refractivity contribution in [1.29, 1.82) is 0 Å². The number of aromatic nitrogens is 1. The summed E-state index contributed by atoms with van der Waals surface area (Å²) >= 11 is 0. The first-order chi connectivity index (χ1) is 7.47. The second-order valence-corrected chi connectivity index (χ2v) is 3.47. The lowest BCUT2D eigenvalue weighted by molar-refractivity contribution is -0.139. The van der Waals surface area contributed by atoms with E-state index in [1.807, 2.05) is 0 Å². The number of rotatable bonds is 4. The average Bonchev–Trinajstić information content (AvgIpc) is 2.54. The maximum atomic E-state index is 11.7. The molecule has 1 amide bonds. The maximum absolute atomic E-state index is 11.7. The van der Waals surface area contributed by atoms with Crippen LogP contribution in [0.4, 0.5) is 0 Å². The van der Waals surface area contributed by atoms with Gasteiger partial charge < -0.3 is 14.9 Å². The number of aliphatic carboxylic acids is 1. The minimum absolute atomic E-state index is 0.305. The van der Waals surface area contributed by atoms with Gasteiger partial charge in [0, 0.05) is 0 Å². The number of carboxylic acids is 1. The van der Waals surface area contributed by atoms with E-state index in [0.717, 1.165) is 0 Å². The van der Waals surface area contributed by atoms with Crippen molar-refractivity contribution in [1.82, 2.24) is 10.5 Å². The number of nitrogens with one attached hydrogen (secondary N) is 1. The fraction of sp³-hybridized carbons (Fsp3) is 0.500. The summed E-state index contributed by atoms with van der Waals surface area (Å²) in [6, 6.07) is -0.888. The van der Waals surface area contributed by atoms with Crippen LogP contribution in [0.1, 0.15) is 35.2 Å². The molecule has 1 rings (SSSR count). The number of nitrogens with zero attached hydrogens (tertiary/aromatic N) is 1. The minimum Gasteiger partial charge on any atom is -0.480 e. The van der Waals surface area contributed by atoms with Gasteiger partial charge in [-0.3, -0.25) is 4.79 Å². The van der Waals surface area contributed by atoms with Crippen molar-refractivity contribution < 1.29 is 19.2 Å². The van der Waals surface area contributed by atoms with E-state index in [9.17, 15) is 9.59 Å². The summed E-state index contributed by atoms with van der Waals surface area (Å²) in [5.41, 5.74) is 0.759. The summed E-state index contributed by atoms with van der Waals surface area (Å²) in [7, 11) is 0. The number of carbonyl (C=O) groups is 2. The summed E-state index contributed by atoms with van der Waals surface area (Å²) in [6.45, 7) is 4.93. The number of amides is 1. The minimum atomic E-state index is -1.05. The lowest BCUT2D eigenvalue weighted by Crippen LogP contribution is -2.40. The van der Waals surface area contributed by atoms with Gasteiger partial charge in [-0.05, 0) is 20.3 Å². The quantitative estimate of drug-likeness (QED) is 0.795. The van der Waals surface area contributed by atoms with Crippen LogP contribution in [0.2, 0.25) is 0 Å². The monoisotopic (exact) mass is 226 g/mol. The molecule has 0 unspecified atom stereocenters. The Bertz CT molecular complexity index is 391. The third-order valence-corrected chi connectivity index (χ3v) is 2.27. The zero-order valence-corrected chi connectivity index (χ0v) is 9.40. The van der Waals surface area contributed by atoms with E-state index in [-0.39, 0.29) is 0 Å². The third-order valence-electron chi connectivity index (χ3n) is 2.27. The van der Waals surface area contributed by atoms with Gasteiger partial charge in [-0.15, -0.1) is 0 Å². The molecule has 0 bridgehead atoms. The van der Waals surface area contributed by atoms with Gasteiger partial charge in [0.05, 0.1) is 5.69 Å². The van der Waals surface area contributed by atoms with Crippen molar-refractivity contribution in [2.45, 2.75) is 33.2 Å². The highest BCUT2D eigenvalue weighted by molar-refractivity contribution is 5.98. The summed E-state index contributed by atoms with van der Waals surface area (Å²) in [5, 5.41) is 14.8. The Morgan fingerprint density at radius 2 is 2.12 bits per heavy atom. The SMILES string of the molecule is CC[C@H](NC(=O)c1c(C)noc1C)C(=O)O. The molecule has 0 spiro atoms. The first-order valence-corrected chi connectivity index (χ1v) is 4.93. The van der Waals surface area contributed by atoms with Gasteiger partial charge >= 0.3 is 5.97 Å². The highest BCUT2D eigenvalue weighted by Crippen LogP contribution is 2.12. The van der Waals surface area contributed by atoms with E-state index in [0.29, 0.717) is 23.4 Å². The molecule has 0 aliphatic rings. The van der Waals surface area contributed by atoms with Crippen LogP contribution in [0.3, 0.4) is 0 Å². The molecule has 0 fully saturated rings. The van der Waals surface area contributed by atoms with Crippen LogP contribution in [0, 0.1) is 13.8 Å². The fourth-order valence-corrected chi connectivity index (χ4v) is 1.38. The van der Waals surface area contributed by atoms with Gasteiger partial charge in [-0.1, -0.05) is 12.1 Å². The molecule has 88 valence electrons. The van der Waals surface area contributed by atoms with Crippen molar-refractivity contribution >= 4 is 11.9 Å². The maximum Gasteiger partial charge on any atom is 0.326 e. The van der Waals surface area contributed by atoms with E-state index in [1.165, 1.54) is 0 Å². The highest BCUT2D eigenvalue weighted by Gasteiger charge is 2.23. The van der Waals surface area contributed by atoms with Crippen LogP contribution >= 0.6 is 0 Å². The zero-order valence-electron chi connectivity index (χ0n) is 9.40. The molecule has 2 N–H and O–H groups in total. The molecular formula is C10H14N2O4. The molecule has 0 saturated carbocycles. The molecule has 0 saturated heterocycles. The lowest BCUT2D eigenvalue weighted by atomic mass is 10.1. The van der Waals surface area contributed by atoms with Crippen LogP contribution in [-0.2, 0) is 4.79 Å². The Balaban J connectivity index is 2.84. The summed E-state index contributed by atoms with van der Waals surface area (Å²) in [6.07, 6.45) is 0.324. The Labute approximate surface area is 92.6 Å². The molecule has 0 aromatic carbocycles. The third kappa shape index (κ3) is 2.39. The van der Waals surface area contributed by atoms with Gasteiger partial charge in [-0.25, -0.2) is 4.79 Å². The second kappa shape index (κ2) is 4.78.